The standard InChI is InChI=1S/C24H22Cl2F2N6O3S/c25-15-4-3-13(6-16(15)26)24(27,28)22-32-31-19(37-22)14-8-33(21(36)18-7-29-12-38-18)9-23(14)10-34(11-23)20(35)17-2-1-5-30-17/h3-4,6-7,12,14,17,30H,1-2,5,8-11H2/t14?,17-/m1/s1. The zero-order valence-electron chi connectivity index (χ0n) is 19.9. The number of benzene rings is 1. The van der Waals surface area contributed by atoms with Crippen molar-refractivity contribution in [3.63, 3.8) is 0 Å². The van der Waals surface area contributed by atoms with E-state index in [0.717, 1.165) is 31.5 Å². The number of carbonyl (C=O) groups is 2. The molecular formula is C24H22Cl2F2N6O3S. The summed E-state index contributed by atoms with van der Waals surface area (Å²) < 4.78 is 36.2. The molecule has 1 N–H and O–H groups in total. The number of amides is 2. The molecule has 3 fully saturated rings. The van der Waals surface area contributed by atoms with Gasteiger partial charge < -0.3 is 19.5 Å². The van der Waals surface area contributed by atoms with Crippen LogP contribution in [0.2, 0.25) is 10.0 Å². The number of likely N-dealkylation sites (tertiary alicyclic amines) is 2. The lowest BCUT2D eigenvalue weighted by Gasteiger charge is -2.50. The fraction of sp³-hybridized carbons (Fsp3) is 0.458. The fourth-order valence-electron chi connectivity index (χ4n) is 5.56. The van der Waals surface area contributed by atoms with Crippen molar-refractivity contribution in [1.29, 1.82) is 0 Å². The summed E-state index contributed by atoms with van der Waals surface area (Å²) in [5.41, 5.74) is 0.552. The molecule has 2 aromatic heterocycles. The van der Waals surface area contributed by atoms with E-state index in [-0.39, 0.29) is 40.3 Å². The summed E-state index contributed by atoms with van der Waals surface area (Å²) in [7, 11) is 0. The van der Waals surface area contributed by atoms with Crippen molar-refractivity contribution in [2.75, 3.05) is 32.7 Å². The van der Waals surface area contributed by atoms with Gasteiger partial charge >= 0.3 is 5.92 Å². The van der Waals surface area contributed by atoms with E-state index in [4.69, 9.17) is 27.6 Å². The Hall–Kier alpha value is -2.67. The second-order valence-electron chi connectivity index (χ2n) is 9.96. The summed E-state index contributed by atoms with van der Waals surface area (Å²) in [4.78, 5) is 34.0. The predicted molar refractivity (Wildman–Crippen MR) is 135 cm³/mol. The number of halogens is 4. The zero-order valence-corrected chi connectivity index (χ0v) is 22.2. The number of nitrogens with zero attached hydrogens (tertiary/aromatic N) is 5. The van der Waals surface area contributed by atoms with Crippen LogP contribution in [-0.2, 0) is 10.7 Å². The Kier molecular flexibility index (Phi) is 6.41. The molecule has 3 aliphatic rings. The smallest absolute Gasteiger partial charge is 0.349 e. The maximum atomic E-state index is 15.3. The van der Waals surface area contributed by atoms with E-state index in [2.05, 4.69) is 20.5 Å². The van der Waals surface area contributed by atoms with Crippen molar-refractivity contribution >= 4 is 46.4 Å². The van der Waals surface area contributed by atoms with E-state index >= 15 is 8.78 Å². The number of hydrogen-bond donors (Lipinski definition) is 1. The van der Waals surface area contributed by atoms with Gasteiger partial charge in [0.2, 0.25) is 11.8 Å². The Morgan fingerprint density at radius 3 is 2.63 bits per heavy atom. The van der Waals surface area contributed by atoms with E-state index in [1.165, 1.54) is 23.6 Å². The molecule has 5 heterocycles. The first-order chi connectivity index (χ1) is 18.2. The summed E-state index contributed by atoms with van der Waals surface area (Å²) in [6.07, 6.45) is 3.21. The van der Waals surface area contributed by atoms with Gasteiger partial charge in [-0.15, -0.1) is 21.5 Å². The Morgan fingerprint density at radius 2 is 1.95 bits per heavy atom. The van der Waals surface area contributed by atoms with Gasteiger partial charge in [0.25, 0.3) is 11.8 Å². The average Bonchev–Trinajstić information content (AvgIpc) is 3.68. The molecule has 6 rings (SSSR count). The first-order valence-corrected chi connectivity index (χ1v) is 13.7. The summed E-state index contributed by atoms with van der Waals surface area (Å²) in [6, 6.07) is 3.27. The third-order valence-corrected chi connectivity index (χ3v) is 9.05. The van der Waals surface area contributed by atoms with E-state index in [1.807, 2.05) is 0 Å². The van der Waals surface area contributed by atoms with Gasteiger partial charge in [-0.05, 0) is 31.5 Å². The third kappa shape index (κ3) is 4.27. The van der Waals surface area contributed by atoms with Gasteiger partial charge in [0.05, 0.1) is 33.7 Å². The zero-order chi connectivity index (χ0) is 26.7. The minimum Gasteiger partial charge on any atom is -0.419 e. The van der Waals surface area contributed by atoms with Crippen LogP contribution >= 0.6 is 34.5 Å². The first-order valence-electron chi connectivity index (χ1n) is 12.1. The van der Waals surface area contributed by atoms with Crippen molar-refractivity contribution < 1.29 is 22.8 Å². The number of nitrogens with one attached hydrogen (secondary N) is 1. The number of aromatic nitrogens is 3. The summed E-state index contributed by atoms with van der Waals surface area (Å²) >= 11 is 13.0. The molecule has 200 valence electrons. The molecule has 9 nitrogen and oxygen atoms in total. The molecule has 3 aliphatic heterocycles. The molecule has 14 heteroatoms. The summed E-state index contributed by atoms with van der Waals surface area (Å²) in [5.74, 6) is -5.21. The van der Waals surface area contributed by atoms with E-state index in [0.29, 0.717) is 24.5 Å². The largest absolute Gasteiger partial charge is 0.419 e. The van der Waals surface area contributed by atoms with Crippen LogP contribution in [0.25, 0.3) is 0 Å². The highest BCUT2D eigenvalue weighted by atomic mass is 35.5. The molecule has 1 unspecified atom stereocenters. The van der Waals surface area contributed by atoms with Gasteiger partial charge in [-0.3, -0.25) is 14.6 Å². The highest BCUT2D eigenvalue weighted by Crippen LogP contribution is 2.50. The fourth-order valence-corrected chi connectivity index (χ4v) is 6.45. The summed E-state index contributed by atoms with van der Waals surface area (Å²) in [5, 5.41) is 11.0. The monoisotopic (exact) mass is 582 g/mol. The Bertz CT molecular complexity index is 1380. The third-order valence-electron chi connectivity index (χ3n) is 7.55. The van der Waals surface area contributed by atoms with Crippen molar-refractivity contribution in [2.45, 2.75) is 30.7 Å². The van der Waals surface area contributed by atoms with Crippen molar-refractivity contribution in [3.8, 4) is 0 Å². The molecule has 3 saturated heterocycles. The molecular weight excluding hydrogens is 561 g/mol. The second-order valence-corrected chi connectivity index (χ2v) is 11.7. The Balaban J connectivity index is 1.28. The van der Waals surface area contributed by atoms with Crippen molar-refractivity contribution in [1.82, 2.24) is 30.3 Å². The van der Waals surface area contributed by atoms with Crippen LogP contribution in [0.4, 0.5) is 8.78 Å². The van der Waals surface area contributed by atoms with Gasteiger partial charge in [0.1, 0.15) is 4.88 Å². The lowest BCUT2D eigenvalue weighted by atomic mass is 9.71. The first kappa shape index (κ1) is 25.6. The molecule has 0 aliphatic carbocycles. The SMILES string of the molecule is O=C(c1cncs1)N1CC(c2nnc(C(F)(F)c3ccc(Cl)c(Cl)c3)o2)C2(C1)CN(C(=O)[C@H]1CCCN1)C2. The van der Waals surface area contributed by atoms with Crippen molar-refractivity contribution in [2.24, 2.45) is 5.41 Å². The van der Waals surface area contributed by atoms with E-state index < -0.39 is 28.7 Å². The van der Waals surface area contributed by atoms with Gasteiger partial charge in [0, 0.05) is 37.2 Å². The van der Waals surface area contributed by atoms with Crippen LogP contribution in [-0.4, -0.2) is 75.6 Å². The maximum Gasteiger partial charge on any atom is 0.349 e. The van der Waals surface area contributed by atoms with Gasteiger partial charge in [-0.2, -0.15) is 8.78 Å². The van der Waals surface area contributed by atoms with Crippen molar-refractivity contribution in [3.05, 3.63) is 62.2 Å². The Morgan fingerprint density at radius 1 is 1.16 bits per heavy atom. The number of rotatable bonds is 5. The van der Waals surface area contributed by atoms with Crippen LogP contribution in [0.15, 0.2) is 34.3 Å². The molecule has 0 radical (unpaired) electrons. The molecule has 1 aromatic carbocycles. The highest BCUT2D eigenvalue weighted by molar-refractivity contribution is 7.11. The number of carbonyl (C=O) groups excluding carboxylic acids is 2. The highest BCUT2D eigenvalue weighted by Gasteiger charge is 2.59. The average molecular weight is 583 g/mol. The van der Waals surface area contributed by atoms with E-state index in [9.17, 15) is 9.59 Å². The predicted octanol–water partition coefficient (Wildman–Crippen LogP) is 3.79. The van der Waals surface area contributed by atoms with Gasteiger partial charge in [-0.1, -0.05) is 29.3 Å². The maximum absolute atomic E-state index is 15.3. The minimum absolute atomic E-state index is 0.00503. The second kappa shape index (κ2) is 9.51. The molecule has 3 aromatic rings. The van der Waals surface area contributed by atoms with E-state index in [1.54, 1.807) is 15.3 Å². The lowest BCUT2D eigenvalue weighted by molar-refractivity contribution is -0.145. The molecule has 0 saturated carbocycles. The molecule has 2 atom stereocenters. The normalized spacial score (nSPS) is 22.7. The molecule has 38 heavy (non-hydrogen) atoms. The van der Waals surface area contributed by atoms with Crippen LogP contribution < -0.4 is 5.32 Å². The molecule has 2 amide bonds. The lowest BCUT2D eigenvalue weighted by Crippen LogP contribution is -2.64. The number of thiazole rings is 1. The Labute approximate surface area is 230 Å². The molecule has 1 spiro atoms. The molecule has 0 bridgehead atoms. The van der Waals surface area contributed by atoms with Crippen LogP contribution in [0.3, 0.4) is 0 Å². The minimum atomic E-state index is -3.61. The van der Waals surface area contributed by atoms with Crippen LogP contribution in [0, 0.1) is 5.41 Å². The van der Waals surface area contributed by atoms with Crippen LogP contribution in [0.5, 0.6) is 0 Å². The number of alkyl halides is 2. The quantitative estimate of drug-likeness (QED) is 0.488. The van der Waals surface area contributed by atoms with Crippen LogP contribution in [0.1, 0.15) is 45.8 Å². The topological polar surface area (TPSA) is 104 Å². The summed E-state index contributed by atoms with van der Waals surface area (Å²) in [6.45, 7) is 2.05. The number of hydrogen-bond acceptors (Lipinski definition) is 8. The van der Waals surface area contributed by atoms with Gasteiger partial charge in [-0.25, -0.2) is 0 Å². The van der Waals surface area contributed by atoms with Gasteiger partial charge in [0.15, 0.2) is 0 Å².